The summed E-state index contributed by atoms with van der Waals surface area (Å²) in [7, 11) is 0. The lowest BCUT2D eigenvalue weighted by Crippen LogP contribution is -2.08. The van der Waals surface area contributed by atoms with Crippen LogP contribution < -0.4 is 11.3 Å². The Hall–Kier alpha value is 0.430. The van der Waals surface area contributed by atoms with Gasteiger partial charge in [0, 0.05) is 0 Å². The Morgan fingerprint density at radius 2 is 1.00 bits per heavy atom. The molecule has 13 heavy (non-hydrogen) atoms. The molecule has 0 amide bonds. The van der Waals surface area contributed by atoms with Crippen molar-refractivity contribution in [1.29, 1.82) is 0 Å². The Kier molecular flexibility index (Phi) is 3.81. The first-order valence-corrected chi connectivity index (χ1v) is 4.87. The molecule has 0 fully saturated rings. The third kappa shape index (κ3) is 1.94. The lowest BCUT2D eigenvalue weighted by atomic mass is 10.3. The number of nitrogen functional groups attached to an aromatic ring is 1. The summed E-state index contributed by atoms with van der Waals surface area (Å²) in [6.07, 6.45) is 0. The zero-order chi connectivity index (χ0) is 10.2. The zero-order valence-electron chi connectivity index (χ0n) is 5.97. The van der Waals surface area contributed by atoms with E-state index in [1.807, 2.05) is 0 Å². The third-order valence-electron chi connectivity index (χ3n) is 1.35. The lowest BCUT2D eigenvalue weighted by Gasteiger charge is -2.10. The van der Waals surface area contributed by atoms with Crippen molar-refractivity contribution in [2.75, 3.05) is 5.43 Å². The Balaban J connectivity index is 3.56. The topological polar surface area (TPSA) is 38.0 Å². The number of hydrazine groups is 1. The van der Waals surface area contributed by atoms with Crippen LogP contribution in [-0.2, 0) is 0 Å². The van der Waals surface area contributed by atoms with Crippen molar-refractivity contribution >= 4 is 63.7 Å². The Morgan fingerprint density at radius 1 is 0.692 bits per heavy atom. The van der Waals surface area contributed by atoms with Gasteiger partial charge >= 0.3 is 0 Å². The number of halogens is 5. The van der Waals surface area contributed by atoms with Gasteiger partial charge in [0.25, 0.3) is 0 Å². The van der Waals surface area contributed by atoms with Crippen LogP contribution in [0.4, 0.5) is 5.69 Å². The van der Waals surface area contributed by atoms with Crippen LogP contribution in [0.2, 0.25) is 25.1 Å². The fourth-order valence-electron chi connectivity index (χ4n) is 0.732. The van der Waals surface area contributed by atoms with Gasteiger partial charge in [0.05, 0.1) is 30.8 Å². The highest BCUT2D eigenvalue weighted by Gasteiger charge is 2.18. The zero-order valence-corrected chi connectivity index (χ0v) is 9.75. The van der Waals surface area contributed by atoms with Gasteiger partial charge in [-0.3, -0.25) is 5.84 Å². The molecule has 0 atom stereocenters. The monoisotopic (exact) mass is 278 g/mol. The summed E-state index contributed by atoms with van der Waals surface area (Å²) in [5.41, 5.74) is 2.53. The van der Waals surface area contributed by atoms with Crippen LogP contribution in [0.3, 0.4) is 0 Å². The molecule has 72 valence electrons. The molecule has 0 heterocycles. The van der Waals surface area contributed by atoms with Crippen molar-refractivity contribution < 1.29 is 0 Å². The fourth-order valence-corrected chi connectivity index (χ4v) is 1.98. The summed E-state index contributed by atoms with van der Waals surface area (Å²) in [5, 5.41) is 0.626. The predicted octanol–water partition coefficient (Wildman–Crippen LogP) is 4.24. The maximum atomic E-state index is 5.77. The first-order chi connectivity index (χ1) is 6.00. The van der Waals surface area contributed by atoms with Crippen molar-refractivity contribution in [3.8, 4) is 0 Å². The van der Waals surface area contributed by atoms with Crippen molar-refractivity contribution in [1.82, 2.24) is 0 Å². The van der Waals surface area contributed by atoms with Crippen LogP contribution in [0.25, 0.3) is 0 Å². The van der Waals surface area contributed by atoms with Gasteiger partial charge in [-0.05, 0) is 0 Å². The molecule has 1 aromatic rings. The van der Waals surface area contributed by atoms with Crippen molar-refractivity contribution in [3.05, 3.63) is 25.1 Å². The Labute approximate surface area is 99.8 Å². The standard InChI is InChI=1S/C6H3Cl5N2/c7-1-2(8)4(10)6(13-12)5(11)3(1)9/h13H,12H2. The molecule has 0 unspecified atom stereocenters. The lowest BCUT2D eigenvalue weighted by molar-refractivity contribution is 1.35. The van der Waals surface area contributed by atoms with E-state index in [4.69, 9.17) is 63.8 Å². The molecule has 0 spiro atoms. The van der Waals surface area contributed by atoms with E-state index in [1.54, 1.807) is 0 Å². The molecule has 0 aliphatic heterocycles. The number of benzene rings is 1. The second kappa shape index (κ2) is 4.30. The van der Waals surface area contributed by atoms with Gasteiger partial charge in [0.2, 0.25) is 0 Å². The van der Waals surface area contributed by atoms with Crippen LogP contribution in [0.5, 0.6) is 0 Å². The predicted molar refractivity (Wildman–Crippen MR) is 59.3 cm³/mol. The van der Waals surface area contributed by atoms with Crippen molar-refractivity contribution in [2.45, 2.75) is 0 Å². The average Bonchev–Trinajstić information content (AvgIpc) is 2.13. The van der Waals surface area contributed by atoms with E-state index in [9.17, 15) is 0 Å². The van der Waals surface area contributed by atoms with Crippen LogP contribution in [0, 0.1) is 0 Å². The van der Waals surface area contributed by atoms with Gasteiger partial charge in [0.1, 0.15) is 0 Å². The van der Waals surface area contributed by atoms with Gasteiger partial charge in [-0.2, -0.15) is 0 Å². The number of hydrogen-bond acceptors (Lipinski definition) is 2. The van der Waals surface area contributed by atoms with Crippen molar-refractivity contribution in [2.24, 2.45) is 5.84 Å². The first kappa shape index (κ1) is 11.5. The van der Waals surface area contributed by atoms with Gasteiger partial charge in [-0.15, -0.1) is 0 Å². The molecule has 1 rings (SSSR count). The van der Waals surface area contributed by atoms with Gasteiger partial charge < -0.3 is 5.43 Å². The minimum Gasteiger partial charge on any atom is -0.321 e. The molecule has 0 saturated heterocycles. The molecule has 0 aromatic heterocycles. The smallest absolute Gasteiger partial charge is 0.0892 e. The molecular formula is C6H3Cl5N2. The molecule has 0 radical (unpaired) electrons. The quantitative estimate of drug-likeness (QED) is 0.349. The fraction of sp³-hybridized carbons (Fsp3) is 0. The SMILES string of the molecule is NNc1c(Cl)c(Cl)c(Cl)c(Cl)c1Cl. The molecule has 2 nitrogen and oxygen atoms in total. The minimum absolute atomic E-state index is 0.109. The summed E-state index contributed by atoms with van der Waals surface area (Å²) < 4.78 is 0. The van der Waals surface area contributed by atoms with E-state index < -0.39 is 0 Å². The second-order valence-corrected chi connectivity index (χ2v) is 3.98. The number of hydrogen-bond donors (Lipinski definition) is 2. The van der Waals surface area contributed by atoms with E-state index in [0.717, 1.165) is 0 Å². The average molecular weight is 280 g/mol. The van der Waals surface area contributed by atoms with Crippen LogP contribution in [-0.4, -0.2) is 0 Å². The Bertz CT molecular complexity index is 322. The maximum Gasteiger partial charge on any atom is 0.0892 e. The number of anilines is 1. The molecule has 1 aromatic carbocycles. The van der Waals surface area contributed by atoms with Crippen LogP contribution in [0.1, 0.15) is 0 Å². The molecule has 0 aliphatic carbocycles. The molecule has 0 bridgehead atoms. The summed E-state index contributed by atoms with van der Waals surface area (Å²) in [4.78, 5) is 0. The molecule has 0 aliphatic rings. The Morgan fingerprint density at radius 3 is 1.31 bits per heavy atom. The van der Waals surface area contributed by atoms with E-state index in [1.165, 1.54) is 0 Å². The third-order valence-corrected chi connectivity index (χ3v) is 3.63. The van der Waals surface area contributed by atoms with E-state index in [2.05, 4.69) is 5.43 Å². The maximum absolute atomic E-state index is 5.77. The highest BCUT2D eigenvalue weighted by molar-refractivity contribution is 6.56. The van der Waals surface area contributed by atoms with Gasteiger partial charge in [-0.1, -0.05) is 58.0 Å². The number of nitrogens with one attached hydrogen (secondary N) is 1. The van der Waals surface area contributed by atoms with Gasteiger partial charge in [-0.25, -0.2) is 0 Å². The first-order valence-electron chi connectivity index (χ1n) is 2.98. The molecule has 7 heteroatoms. The van der Waals surface area contributed by atoms with Crippen LogP contribution in [0.15, 0.2) is 0 Å². The summed E-state index contributed by atoms with van der Waals surface area (Å²) >= 11 is 28.7. The highest BCUT2D eigenvalue weighted by Crippen LogP contribution is 2.46. The highest BCUT2D eigenvalue weighted by atomic mass is 35.5. The van der Waals surface area contributed by atoms with Crippen LogP contribution >= 0.6 is 58.0 Å². The molecule has 0 saturated carbocycles. The second-order valence-electron chi connectivity index (χ2n) is 2.09. The summed E-state index contributed by atoms with van der Waals surface area (Å²) in [5.74, 6) is 5.16. The number of rotatable bonds is 1. The normalized spacial score (nSPS) is 10.3. The van der Waals surface area contributed by atoms with E-state index in [-0.39, 0.29) is 30.8 Å². The molecular weight excluding hydrogens is 277 g/mol. The van der Waals surface area contributed by atoms with E-state index in [0.29, 0.717) is 0 Å². The molecule has 3 N–H and O–H groups in total. The summed E-state index contributed by atoms with van der Waals surface area (Å²) in [6.45, 7) is 0. The largest absolute Gasteiger partial charge is 0.321 e. The van der Waals surface area contributed by atoms with Gasteiger partial charge in [0.15, 0.2) is 0 Å². The minimum atomic E-state index is 0.109. The van der Waals surface area contributed by atoms with Crippen molar-refractivity contribution in [3.63, 3.8) is 0 Å². The summed E-state index contributed by atoms with van der Waals surface area (Å²) in [6, 6.07) is 0. The number of nitrogens with two attached hydrogens (primary N) is 1. The van der Waals surface area contributed by atoms with E-state index >= 15 is 0 Å².